The van der Waals surface area contributed by atoms with Crippen molar-refractivity contribution in [2.75, 3.05) is 11.5 Å². The summed E-state index contributed by atoms with van der Waals surface area (Å²) in [5.74, 6) is 0.666. The second-order valence-electron chi connectivity index (χ2n) is 5.80. The minimum absolute atomic E-state index is 0.222. The van der Waals surface area contributed by atoms with Crippen molar-refractivity contribution in [3.63, 3.8) is 0 Å². The van der Waals surface area contributed by atoms with Crippen LogP contribution in [0.3, 0.4) is 0 Å². The van der Waals surface area contributed by atoms with Gasteiger partial charge >= 0.3 is 0 Å². The van der Waals surface area contributed by atoms with Gasteiger partial charge in [0.2, 0.25) is 0 Å². The van der Waals surface area contributed by atoms with E-state index < -0.39 is 0 Å². The Morgan fingerprint density at radius 2 is 1.76 bits per heavy atom. The lowest BCUT2D eigenvalue weighted by Crippen LogP contribution is -2.02. The van der Waals surface area contributed by atoms with Crippen LogP contribution in [0.1, 0.15) is 18.1 Å². The van der Waals surface area contributed by atoms with Crippen LogP contribution in [0.2, 0.25) is 0 Å². The number of hydrogen-bond donors (Lipinski definition) is 4. The minimum Gasteiger partial charge on any atom is -0.508 e. The molecule has 6 N–H and O–H groups in total. The number of phenols is 1. The van der Waals surface area contributed by atoms with Gasteiger partial charge in [0.1, 0.15) is 11.6 Å². The van der Waals surface area contributed by atoms with E-state index in [1.165, 1.54) is 6.21 Å². The van der Waals surface area contributed by atoms with Crippen LogP contribution in [-0.2, 0) is 6.42 Å². The van der Waals surface area contributed by atoms with Gasteiger partial charge in [0.05, 0.1) is 0 Å². The first-order valence-corrected chi connectivity index (χ1v) is 8.02. The molecule has 2 aromatic carbocycles. The number of benzene rings is 2. The number of pyridine rings is 1. The number of anilines is 2. The zero-order valence-corrected chi connectivity index (χ0v) is 14.0. The standard InChI is InChI=1S/C20H20N4O/c1-2-16-17(12-3-6-15(25)7-4-12)11-24-20(23)19(16)13-5-8-18(22)14(9-13)10-21/h3-11,21,25H,2,22H2,1H3,(H2,23,24). The van der Waals surface area contributed by atoms with Gasteiger partial charge in [-0.25, -0.2) is 4.98 Å². The summed E-state index contributed by atoms with van der Waals surface area (Å²) in [4.78, 5) is 4.37. The van der Waals surface area contributed by atoms with Crippen molar-refractivity contribution in [1.82, 2.24) is 4.98 Å². The highest BCUT2D eigenvalue weighted by Gasteiger charge is 2.16. The zero-order valence-electron chi connectivity index (χ0n) is 14.0. The monoisotopic (exact) mass is 332 g/mol. The summed E-state index contributed by atoms with van der Waals surface area (Å²) in [6, 6.07) is 12.6. The maximum absolute atomic E-state index is 9.52. The fourth-order valence-electron chi connectivity index (χ4n) is 3.00. The maximum Gasteiger partial charge on any atom is 0.131 e. The number of nitrogen functional groups attached to an aromatic ring is 2. The molecule has 5 nitrogen and oxygen atoms in total. The second kappa shape index (κ2) is 6.65. The largest absolute Gasteiger partial charge is 0.508 e. The molecular formula is C20H20N4O. The van der Waals surface area contributed by atoms with Crippen LogP contribution in [0.15, 0.2) is 48.7 Å². The Morgan fingerprint density at radius 3 is 2.40 bits per heavy atom. The Labute approximate surface area is 146 Å². The molecule has 5 heteroatoms. The van der Waals surface area contributed by atoms with Gasteiger partial charge in [-0.05, 0) is 47.4 Å². The third kappa shape index (κ3) is 3.04. The van der Waals surface area contributed by atoms with Gasteiger partial charge in [-0.3, -0.25) is 0 Å². The molecule has 126 valence electrons. The van der Waals surface area contributed by atoms with E-state index in [0.717, 1.165) is 34.2 Å². The quantitative estimate of drug-likeness (QED) is 0.430. The average Bonchev–Trinajstić information content (AvgIpc) is 2.63. The van der Waals surface area contributed by atoms with Gasteiger partial charge in [-0.2, -0.15) is 0 Å². The molecule has 0 radical (unpaired) electrons. The summed E-state index contributed by atoms with van der Waals surface area (Å²) < 4.78 is 0. The van der Waals surface area contributed by atoms with Crippen LogP contribution in [0, 0.1) is 5.41 Å². The molecular weight excluding hydrogens is 312 g/mol. The lowest BCUT2D eigenvalue weighted by molar-refractivity contribution is 0.475. The van der Waals surface area contributed by atoms with Crippen molar-refractivity contribution in [2.45, 2.75) is 13.3 Å². The third-order valence-electron chi connectivity index (χ3n) is 4.28. The third-order valence-corrected chi connectivity index (χ3v) is 4.28. The van der Waals surface area contributed by atoms with Crippen LogP contribution in [-0.4, -0.2) is 16.3 Å². The van der Waals surface area contributed by atoms with Gasteiger partial charge in [-0.15, -0.1) is 0 Å². The van der Waals surface area contributed by atoms with Crippen molar-refractivity contribution in [3.8, 4) is 28.0 Å². The highest BCUT2D eigenvalue weighted by Crippen LogP contribution is 2.36. The molecule has 0 aliphatic rings. The van der Waals surface area contributed by atoms with Gasteiger partial charge in [-0.1, -0.05) is 25.1 Å². The zero-order chi connectivity index (χ0) is 18.0. The highest BCUT2D eigenvalue weighted by atomic mass is 16.3. The molecule has 0 atom stereocenters. The van der Waals surface area contributed by atoms with E-state index in [9.17, 15) is 5.11 Å². The summed E-state index contributed by atoms with van der Waals surface area (Å²) in [5, 5.41) is 17.0. The molecule has 0 bridgehead atoms. The van der Waals surface area contributed by atoms with Gasteiger partial charge in [0.15, 0.2) is 0 Å². The molecule has 0 spiro atoms. The first-order chi connectivity index (χ1) is 12.0. The Hall–Kier alpha value is -3.34. The van der Waals surface area contributed by atoms with Gasteiger partial charge in [0, 0.05) is 34.8 Å². The van der Waals surface area contributed by atoms with E-state index >= 15 is 0 Å². The predicted octanol–water partition coefficient (Wildman–Crippen LogP) is 3.85. The lowest BCUT2D eigenvalue weighted by atomic mass is 9.91. The molecule has 0 saturated carbocycles. The normalized spacial score (nSPS) is 10.6. The fourth-order valence-corrected chi connectivity index (χ4v) is 3.00. The topological polar surface area (TPSA) is 109 Å². The number of hydrogen-bond acceptors (Lipinski definition) is 5. The summed E-state index contributed by atoms with van der Waals surface area (Å²) in [7, 11) is 0. The Morgan fingerprint density at radius 1 is 1.08 bits per heavy atom. The summed E-state index contributed by atoms with van der Waals surface area (Å²) in [6.45, 7) is 2.07. The summed E-state index contributed by atoms with van der Waals surface area (Å²) in [6.07, 6.45) is 3.76. The molecule has 1 aromatic heterocycles. The van der Waals surface area contributed by atoms with E-state index in [4.69, 9.17) is 16.9 Å². The van der Waals surface area contributed by atoms with Crippen LogP contribution in [0.25, 0.3) is 22.3 Å². The van der Waals surface area contributed by atoms with Crippen LogP contribution >= 0.6 is 0 Å². The molecule has 3 rings (SSSR count). The van der Waals surface area contributed by atoms with E-state index in [1.54, 1.807) is 24.4 Å². The predicted molar refractivity (Wildman–Crippen MR) is 103 cm³/mol. The number of phenolic OH excluding ortho intramolecular Hbond substituents is 1. The first-order valence-electron chi connectivity index (χ1n) is 8.02. The number of nitrogens with one attached hydrogen (secondary N) is 1. The molecule has 0 unspecified atom stereocenters. The smallest absolute Gasteiger partial charge is 0.131 e. The molecule has 0 aliphatic heterocycles. The Kier molecular flexibility index (Phi) is 4.39. The molecule has 0 saturated heterocycles. The van der Waals surface area contributed by atoms with Crippen LogP contribution in [0.5, 0.6) is 5.75 Å². The van der Waals surface area contributed by atoms with E-state index in [-0.39, 0.29) is 5.75 Å². The number of rotatable bonds is 4. The van der Waals surface area contributed by atoms with Crippen LogP contribution < -0.4 is 11.5 Å². The average molecular weight is 332 g/mol. The molecule has 1 heterocycles. The Balaban J connectivity index is 2.24. The molecule has 3 aromatic rings. The molecule has 25 heavy (non-hydrogen) atoms. The summed E-state index contributed by atoms with van der Waals surface area (Å²) in [5.41, 5.74) is 18.0. The number of nitrogens with two attached hydrogens (primary N) is 2. The highest BCUT2D eigenvalue weighted by molar-refractivity contribution is 5.91. The van der Waals surface area contributed by atoms with Gasteiger partial charge < -0.3 is 22.0 Å². The van der Waals surface area contributed by atoms with E-state index in [0.29, 0.717) is 17.1 Å². The second-order valence-corrected chi connectivity index (χ2v) is 5.80. The van der Waals surface area contributed by atoms with Gasteiger partial charge in [0.25, 0.3) is 0 Å². The van der Waals surface area contributed by atoms with Crippen molar-refractivity contribution in [1.29, 1.82) is 5.41 Å². The van der Waals surface area contributed by atoms with Crippen molar-refractivity contribution >= 4 is 17.7 Å². The van der Waals surface area contributed by atoms with Crippen molar-refractivity contribution < 1.29 is 5.11 Å². The van der Waals surface area contributed by atoms with Crippen molar-refractivity contribution in [2.24, 2.45) is 0 Å². The molecule has 0 aliphatic carbocycles. The molecule has 0 fully saturated rings. The van der Waals surface area contributed by atoms with E-state index in [1.807, 2.05) is 24.3 Å². The van der Waals surface area contributed by atoms with Crippen molar-refractivity contribution in [3.05, 3.63) is 59.8 Å². The number of nitrogens with zero attached hydrogens (tertiary/aromatic N) is 1. The molecule has 0 amide bonds. The first kappa shape index (κ1) is 16.5. The lowest BCUT2D eigenvalue weighted by Gasteiger charge is -2.16. The minimum atomic E-state index is 0.222. The number of aromatic nitrogens is 1. The fraction of sp³-hybridized carbons (Fsp3) is 0.100. The maximum atomic E-state index is 9.52. The summed E-state index contributed by atoms with van der Waals surface area (Å²) >= 11 is 0. The SMILES string of the molecule is CCc1c(-c2ccc(O)cc2)cnc(N)c1-c1ccc(N)c(C=N)c1. The van der Waals surface area contributed by atoms with Crippen LogP contribution in [0.4, 0.5) is 11.5 Å². The number of aromatic hydroxyl groups is 1. The Bertz CT molecular complexity index is 933. The van der Waals surface area contributed by atoms with E-state index in [2.05, 4.69) is 11.9 Å².